The highest BCUT2D eigenvalue weighted by Gasteiger charge is 2.51. The van der Waals surface area contributed by atoms with E-state index in [0.717, 1.165) is 40.1 Å². The van der Waals surface area contributed by atoms with E-state index < -0.39 is 4.75 Å². The number of rotatable bonds is 7. The number of carbonyl (C=O) groups is 1. The lowest BCUT2D eigenvalue weighted by Crippen LogP contribution is -2.49. The van der Waals surface area contributed by atoms with Gasteiger partial charge in [-0.15, -0.1) is 11.8 Å². The molecule has 1 aliphatic rings. The van der Waals surface area contributed by atoms with Crippen molar-refractivity contribution in [1.29, 1.82) is 0 Å². The lowest BCUT2D eigenvalue weighted by molar-refractivity contribution is -0.122. The monoisotopic (exact) mass is 447 g/mol. The molecule has 0 bridgehead atoms. The number of nitrogens with zero attached hydrogens (tertiary/aromatic N) is 1. The molecule has 0 aromatic heterocycles. The third kappa shape index (κ3) is 3.77. The van der Waals surface area contributed by atoms with Crippen LogP contribution in [-0.2, 0) is 9.54 Å². The Morgan fingerprint density at radius 1 is 1.11 bits per heavy atom. The van der Waals surface area contributed by atoms with E-state index in [1.165, 1.54) is 0 Å². The largest absolute Gasteiger partial charge is 0.493 e. The fraction of sp³-hybridized carbons (Fsp3) is 0.409. The number of unbranched alkanes of at least 4 members (excludes halogenated alkanes) is 1. The summed E-state index contributed by atoms with van der Waals surface area (Å²) in [6, 6.07) is 16.1. The molecule has 0 N–H and O–H groups in total. The number of halogens is 1. The van der Waals surface area contributed by atoms with E-state index >= 15 is 0 Å². The Labute approximate surface area is 174 Å². The zero-order chi connectivity index (χ0) is 19.4. The summed E-state index contributed by atoms with van der Waals surface area (Å²) in [7, 11) is 1.87. The Balaban J connectivity index is 2.05. The molecule has 3 nitrogen and oxygen atoms in total. The molecule has 2 aromatic carbocycles. The fourth-order valence-electron chi connectivity index (χ4n) is 3.52. The van der Waals surface area contributed by atoms with Crippen molar-refractivity contribution in [2.75, 3.05) is 23.9 Å². The number of fused-ring (bicyclic) bond motifs is 1. The molecule has 1 unspecified atom stereocenters. The summed E-state index contributed by atoms with van der Waals surface area (Å²) in [4.78, 5) is 16.6. The van der Waals surface area contributed by atoms with Crippen LogP contribution >= 0.6 is 27.7 Å². The van der Waals surface area contributed by atoms with Gasteiger partial charge in [0.2, 0.25) is 5.91 Å². The number of hydrogen-bond donors (Lipinski definition) is 0. The molecule has 0 aliphatic carbocycles. The van der Waals surface area contributed by atoms with Crippen molar-refractivity contribution in [3.05, 3.63) is 54.1 Å². The molecule has 0 saturated heterocycles. The van der Waals surface area contributed by atoms with Crippen molar-refractivity contribution in [2.24, 2.45) is 5.92 Å². The van der Waals surface area contributed by atoms with Crippen LogP contribution in [0.3, 0.4) is 0 Å². The third-order valence-electron chi connectivity index (χ3n) is 5.01. The van der Waals surface area contributed by atoms with Gasteiger partial charge in [0.1, 0.15) is 10.5 Å². The van der Waals surface area contributed by atoms with Gasteiger partial charge in [-0.25, -0.2) is 0 Å². The highest BCUT2D eigenvalue weighted by Crippen LogP contribution is 2.56. The Hall–Kier alpha value is -1.46. The van der Waals surface area contributed by atoms with Crippen LogP contribution in [0.25, 0.3) is 0 Å². The molecule has 27 heavy (non-hydrogen) atoms. The van der Waals surface area contributed by atoms with E-state index in [4.69, 9.17) is 4.74 Å². The second-order valence-corrected chi connectivity index (χ2v) is 9.15. The molecule has 1 aliphatic heterocycles. The quantitative estimate of drug-likeness (QED) is 0.393. The van der Waals surface area contributed by atoms with Crippen molar-refractivity contribution in [3.63, 3.8) is 0 Å². The first-order chi connectivity index (χ1) is 13.0. The van der Waals surface area contributed by atoms with Crippen molar-refractivity contribution >= 4 is 39.3 Å². The van der Waals surface area contributed by atoms with Gasteiger partial charge in [0.05, 0.1) is 12.3 Å². The zero-order valence-corrected chi connectivity index (χ0v) is 18.5. The Bertz CT molecular complexity index is 810. The third-order valence-corrected chi connectivity index (χ3v) is 7.32. The van der Waals surface area contributed by atoms with E-state index in [2.05, 4.69) is 35.8 Å². The van der Waals surface area contributed by atoms with Crippen molar-refractivity contribution < 1.29 is 9.53 Å². The minimum Gasteiger partial charge on any atom is -0.493 e. The molecule has 0 saturated carbocycles. The predicted octanol–water partition coefficient (Wildman–Crippen LogP) is 5.86. The molecule has 0 radical (unpaired) electrons. The molecule has 0 fully saturated rings. The van der Waals surface area contributed by atoms with Crippen LogP contribution in [-0.4, -0.2) is 24.9 Å². The highest BCUT2D eigenvalue weighted by molar-refractivity contribution is 9.09. The minimum atomic E-state index is -0.699. The number of amides is 1. The molecule has 1 heterocycles. The Morgan fingerprint density at radius 2 is 1.81 bits per heavy atom. The maximum atomic E-state index is 13.6. The second-order valence-electron chi connectivity index (χ2n) is 7.07. The molecule has 1 atom stereocenters. The van der Waals surface area contributed by atoms with Crippen molar-refractivity contribution in [3.8, 4) is 5.75 Å². The Morgan fingerprint density at radius 3 is 2.56 bits per heavy atom. The predicted molar refractivity (Wildman–Crippen MR) is 117 cm³/mol. The number of hydrogen-bond acceptors (Lipinski definition) is 3. The smallest absolute Gasteiger partial charge is 0.248 e. The summed E-state index contributed by atoms with van der Waals surface area (Å²) in [6.07, 6.45) is 2.05. The number of benzene rings is 2. The van der Waals surface area contributed by atoms with Crippen molar-refractivity contribution in [2.45, 2.75) is 36.3 Å². The SMILES string of the molecule is CC(C)C1(c2ccccc2OCCCCBr)Sc2ccccc2N(C)C1=O. The van der Waals surface area contributed by atoms with Gasteiger partial charge in [-0.05, 0) is 37.0 Å². The average molecular weight is 448 g/mol. The van der Waals surface area contributed by atoms with E-state index in [1.807, 2.05) is 49.5 Å². The summed E-state index contributed by atoms with van der Waals surface area (Å²) >= 11 is 5.12. The number of anilines is 1. The molecular weight excluding hydrogens is 422 g/mol. The van der Waals surface area contributed by atoms with Crippen LogP contribution in [0, 0.1) is 5.92 Å². The normalized spacial score (nSPS) is 19.3. The summed E-state index contributed by atoms with van der Waals surface area (Å²) in [5.74, 6) is 1.03. The van der Waals surface area contributed by atoms with E-state index in [0.29, 0.717) is 6.61 Å². The summed E-state index contributed by atoms with van der Waals surface area (Å²) in [6.45, 7) is 4.89. The standard InChI is InChI=1S/C22H26BrNO2S/c1-16(2)22(17-10-4-6-12-19(17)26-15-9-8-14-23)21(25)24(3)18-11-5-7-13-20(18)27-22/h4-7,10-13,16H,8-9,14-15H2,1-3H3. The number of ether oxygens (including phenoxy) is 1. The number of para-hydroxylation sites is 2. The molecule has 2 aromatic rings. The van der Waals surface area contributed by atoms with Crippen LogP contribution in [0.5, 0.6) is 5.75 Å². The van der Waals surface area contributed by atoms with E-state index in [-0.39, 0.29) is 11.8 Å². The summed E-state index contributed by atoms with van der Waals surface area (Å²) in [5.41, 5.74) is 1.94. The van der Waals surface area contributed by atoms with E-state index in [1.54, 1.807) is 16.7 Å². The van der Waals surface area contributed by atoms with Gasteiger partial charge >= 0.3 is 0 Å². The lowest BCUT2D eigenvalue weighted by atomic mass is 9.85. The van der Waals surface area contributed by atoms with Gasteiger partial charge < -0.3 is 9.64 Å². The molecule has 3 rings (SSSR count). The number of likely N-dealkylation sites (N-methyl/N-ethyl adjacent to an activating group) is 1. The first-order valence-electron chi connectivity index (χ1n) is 9.36. The van der Waals surface area contributed by atoms with Gasteiger partial charge in [0.15, 0.2) is 0 Å². The number of thioether (sulfide) groups is 1. The minimum absolute atomic E-state index is 0.109. The molecule has 5 heteroatoms. The number of carbonyl (C=O) groups excluding carboxylic acids is 1. The van der Waals surface area contributed by atoms with Crippen LogP contribution in [0.4, 0.5) is 5.69 Å². The molecular formula is C22H26BrNO2S. The number of alkyl halides is 1. The molecule has 1 amide bonds. The average Bonchev–Trinajstić information content (AvgIpc) is 2.68. The Kier molecular flexibility index (Phi) is 6.53. The van der Waals surface area contributed by atoms with Gasteiger partial charge in [-0.3, -0.25) is 4.79 Å². The summed E-state index contributed by atoms with van der Waals surface area (Å²) in [5, 5.41) is 0.976. The van der Waals surface area contributed by atoms with Gasteiger partial charge in [0, 0.05) is 22.8 Å². The van der Waals surface area contributed by atoms with E-state index in [9.17, 15) is 4.79 Å². The maximum Gasteiger partial charge on any atom is 0.248 e. The molecule has 0 spiro atoms. The van der Waals surface area contributed by atoms with Crippen LogP contribution < -0.4 is 9.64 Å². The van der Waals surface area contributed by atoms with Crippen molar-refractivity contribution in [1.82, 2.24) is 0 Å². The zero-order valence-electron chi connectivity index (χ0n) is 16.1. The van der Waals surface area contributed by atoms with Crippen LogP contribution in [0.1, 0.15) is 32.3 Å². The van der Waals surface area contributed by atoms with Gasteiger partial charge in [-0.1, -0.05) is 60.1 Å². The van der Waals surface area contributed by atoms with Gasteiger partial charge in [-0.2, -0.15) is 0 Å². The second kappa shape index (κ2) is 8.70. The fourth-order valence-corrected chi connectivity index (χ4v) is 5.46. The molecule has 144 valence electrons. The van der Waals surface area contributed by atoms with Crippen LogP contribution in [0.15, 0.2) is 53.4 Å². The summed E-state index contributed by atoms with van der Waals surface area (Å²) < 4.78 is 5.44. The van der Waals surface area contributed by atoms with Crippen LogP contribution in [0.2, 0.25) is 0 Å². The highest BCUT2D eigenvalue weighted by atomic mass is 79.9. The lowest BCUT2D eigenvalue weighted by Gasteiger charge is -2.43. The topological polar surface area (TPSA) is 29.5 Å². The first kappa shape index (κ1) is 20.3. The van der Waals surface area contributed by atoms with Gasteiger partial charge in [0.25, 0.3) is 0 Å². The first-order valence-corrected chi connectivity index (χ1v) is 11.3. The maximum absolute atomic E-state index is 13.6.